The Morgan fingerprint density at radius 3 is 2.69 bits per heavy atom. The van der Waals surface area contributed by atoms with Crippen molar-refractivity contribution in [2.24, 2.45) is 5.73 Å². The smallest absolute Gasteiger partial charge is 0.255 e. The summed E-state index contributed by atoms with van der Waals surface area (Å²) >= 11 is 0. The van der Waals surface area contributed by atoms with Crippen LogP contribution in [-0.4, -0.2) is 15.9 Å². The Hall–Kier alpha value is -3.51. The Morgan fingerprint density at radius 2 is 1.96 bits per heavy atom. The van der Waals surface area contributed by atoms with Crippen LogP contribution in [0.5, 0.6) is 0 Å². The molecule has 2 heterocycles. The van der Waals surface area contributed by atoms with Gasteiger partial charge in [-0.1, -0.05) is 12.1 Å². The van der Waals surface area contributed by atoms with E-state index in [-0.39, 0.29) is 5.91 Å². The Morgan fingerprint density at radius 1 is 1.12 bits per heavy atom. The lowest BCUT2D eigenvalue weighted by Gasteiger charge is -2.05. The van der Waals surface area contributed by atoms with E-state index < -0.39 is 0 Å². The van der Waals surface area contributed by atoms with Gasteiger partial charge in [-0.2, -0.15) is 0 Å². The van der Waals surface area contributed by atoms with Crippen LogP contribution >= 0.6 is 0 Å². The standard InChI is InChI=1S/C20H16N4O2/c21-11-13-3-5-14(6-4-13)19(25)23-16-7-8-18-17(10-16)24-20(26-18)15-2-1-9-22-12-15/h1-10,12H,11,21H2,(H,23,25). The molecule has 2 aromatic heterocycles. The van der Waals surface area contributed by atoms with E-state index in [0.717, 1.165) is 11.1 Å². The summed E-state index contributed by atoms with van der Waals surface area (Å²) in [5.74, 6) is 0.304. The summed E-state index contributed by atoms with van der Waals surface area (Å²) in [5.41, 5.74) is 9.89. The van der Waals surface area contributed by atoms with E-state index in [1.807, 2.05) is 24.3 Å². The summed E-state index contributed by atoms with van der Waals surface area (Å²) in [6.45, 7) is 0.448. The van der Waals surface area contributed by atoms with E-state index in [2.05, 4.69) is 15.3 Å². The second kappa shape index (κ2) is 6.78. The molecule has 0 bridgehead atoms. The highest BCUT2D eigenvalue weighted by Crippen LogP contribution is 2.25. The number of carbonyl (C=O) groups is 1. The minimum absolute atomic E-state index is 0.191. The monoisotopic (exact) mass is 344 g/mol. The topological polar surface area (TPSA) is 94.0 Å². The molecule has 3 N–H and O–H groups in total. The second-order valence-electron chi connectivity index (χ2n) is 5.80. The van der Waals surface area contributed by atoms with E-state index in [4.69, 9.17) is 10.2 Å². The Balaban J connectivity index is 1.58. The number of aromatic nitrogens is 2. The number of pyridine rings is 1. The van der Waals surface area contributed by atoms with Crippen molar-refractivity contribution in [1.29, 1.82) is 0 Å². The molecule has 0 aliphatic rings. The van der Waals surface area contributed by atoms with Crippen molar-refractivity contribution >= 4 is 22.7 Å². The number of rotatable bonds is 4. The van der Waals surface area contributed by atoms with Gasteiger partial charge in [0.25, 0.3) is 5.91 Å². The zero-order chi connectivity index (χ0) is 17.9. The lowest BCUT2D eigenvalue weighted by Crippen LogP contribution is -2.12. The molecule has 0 unspecified atom stereocenters. The molecule has 0 saturated heterocycles. The SMILES string of the molecule is NCc1ccc(C(=O)Nc2ccc3oc(-c4cccnc4)nc3c2)cc1. The van der Waals surface area contributed by atoms with Gasteiger partial charge in [-0.25, -0.2) is 4.98 Å². The quantitative estimate of drug-likeness (QED) is 0.590. The van der Waals surface area contributed by atoms with E-state index >= 15 is 0 Å². The van der Waals surface area contributed by atoms with Crippen molar-refractivity contribution in [3.8, 4) is 11.5 Å². The van der Waals surface area contributed by atoms with Gasteiger partial charge in [0.1, 0.15) is 5.52 Å². The molecule has 4 rings (SSSR count). The number of fused-ring (bicyclic) bond motifs is 1. The van der Waals surface area contributed by atoms with E-state index in [9.17, 15) is 4.79 Å². The first-order valence-electron chi connectivity index (χ1n) is 8.14. The Labute approximate surface area is 149 Å². The third kappa shape index (κ3) is 3.18. The number of hydrogen-bond acceptors (Lipinski definition) is 5. The number of carbonyl (C=O) groups excluding carboxylic acids is 1. The Kier molecular flexibility index (Phi) is 4.17. The molecule has 0 aliphatic carbocycles. The van der Waals surface area contributed by atoms with Crippen LogP contribution in [0, 0.1) is 0 Å². The third-order valence-electron chi connectivity index (χ3n) is 4.01. The number of anilines is 1. The van der Waals surface area contributed by atoms with Crippen LogP contribution in [0.1, 0.15) is 15.9 Å². The van der Waals surface area contributed by atoms with Gasteiger partial charge >= 0.3 is 0 Å². The van der Waals surface area contributed by atoms with E-state index in [1.54, 1.807) is 42.7 Å². The molecular weight excluding hydrogens is 328 g/mol. The molecule has 4 aromatic rings. The van der Waals surface area contributed by atoms with Crippen molar-refractivity contribution < 1.29 is 9.21 Å². The summed E-state index contributed by atoms with van der Waals surface area (Å²) in [5, 5.41) is 2.87. The van der Waals surface area contributed by atoms with Gasteiger partial charge < -0.3 is 15.5 Å². The molecule has 6 nitrogen and oxygen atoms in total. The highest BCUT2D eigenvalue weighted by molar-refractivity contribution is 6.05. The first kappa shape index (κ1) is 16.0. The van der Waals surface area contributed by atoms with Crippen molar-refractivity contribution in [3.05, 3.63) is 78.1 Å². The number of hydrogen-bond donors (Lipinski definition) is 2. The largest absolute Gasteiger partial charge is 0.436 e. The van der Waals surface area contributed by atoms with Gasteiger partial charge in [0, 0.05) is 30.2 Å². The summed E-state index contributed by atoms with van der Waals surface area (Å²) in [6.07, 6.45) is 3.39. The predicted molar refractivity (Wildman–Crippen MR) is 99.5 cm³/mol. The molecule has 0 atom stereocenters. The fraction of sp³-hybridized carbons (Fsp3) is 0.0500. The molecule has 0 radical (unpaired) electrons. The molecule has 6 heteroatoms. The summed E-state index contributed by atoms with van der Waals surface area (Å²) in [6, 6.07) is 16.3. The molecule has 0 aliphatic heterocycles. The first-order chi connectivity index (χ1) is 12.7. The van der Waals surface area contributed by atoms with Crippen LogP contribution in [0.25, 0.3) is 22.6 Å². The number of nitrogens with zero attached hydrogens (tertiary/aromatic N) is 2. The fourth-order valence-electron chi connectivity index (χ4n) is 2.61. The Bertz CT molecular complexity index is 1060. The molecule has 128 valence electrons. The van der Waals surface area contributed by atoms with Crippen LogP contribution < -0.4 is 11.1 Å². The van der Waals surface area contributed by atoms with Gasteiger partial charge in [0.05, 0.1) is 5.56 Å². The van der Waals surface area contributed by atoms with Gasteiger partial charge in [0.2, 0.25) is 5.89 Å². The van der Waals surface area contributed by atoms with Crippen molar-refractivity contribution in [2.75, 3.05) is 5.32 Å². The number of amides is 1. The molecule has 0 saturated carbocycles. The predicted octanol–water partition coefficient (Wildman–Crippen LogP) is 3.60. The minimum atomic E-state index is -0.191. The molecule has 2 aromatic carbocycles. The maximum Gasteiger partial charge on any atom is 0.255 e. The zero-order valence-corrected chi connectivity index (χ0v) is 13.8. The zero-order valence-electron chi connectivity index (χ0n) is 13.8. The molecule has 26 heavy (non-hydrogen) atoms. The minimum Gasteiger partial charge on any atom is -0.436 e. The van der Waals surface area contributed by atoms with E-state index in [1.165, 1.54) is 0 Å². The number of benzene rings is 2. The second-order valence-corrected chi connectivity index (χ2v) is 5.80. The van der Waals surface area contributed by atoms with Crippen molar-refractivity contribution in [1.82, 2.24) is 9.97 Å². The average Bonchev–Trinajstić information content (AvgIpc) is 3.12. The normalized spacial score (nSPS) is 10.8. The van der Waals surface area contributed by atoms with Crippen LogP contribution in [0.4, 0.5) is 5.69 Å². The highest BCUT2D eigenvalue weighted by atomic mass is 16.3. The van der Waals surface area contributed by atoms with Crippen LogP contribution in [0.2, 0.25) is 0 Å². The number of nitrogens with two attached hydrogens (primary N) is 1. The van der Waals surface area contributed by atoms with Crippen molar-refractivity contribution in [3.63, 3.8) is 0 Å². The first-order valence-corrected chi connectivity index (χ1v) is 8.14. The summed E-state index contributed by atoms with van der Waals surface area (Å²) < 4.78 is 5.75. The maximum absolute atomic E-state index is 12.4. The summed E-state index contributed by atoms with van der Waals surface area (Å²) in [7, 11) is 0. The molecule has 0 spiro atoms. The number of nitrogens with one attached hydrogen (secondary N) is 1. The average molecular weight is 344 g/mol. The van der Waals surface area contributed by atoms with E-state index in [0.29, 0.717) is 34.8 Å². The van der Waals surface area contributed by atoms with Crippen LogP contribution in [-0.2, 0) is 6.54 Å². The van der Waals surface area contributed by atoms with Gasteiger partial charge in [-0.15, -0.1) is 0 Å². The highest BCUT2D eigenvalue weighted by Gasteiger charge is 2.11. The third-order valence-corrected chi connectivity index (χ3v) is 4.01. The van der Waals surface area contributed by atoms with Crippen LogP contribution in [0.3, 0.4) is 0 Å². The maximum atomic E-state index is 12.4. The summed E-state index contributed by atoms with van der Waals surface area (Å²) in [4.78, 5) is 20.9. The lowest BCUT2D eigenvalue weighted by molar-refractivity contribution is 0.102. The van der Waals surface area contributed by atoms with Gasteiger partial charge in [-0.3, -0.25) is 9.78 Å². The fourth-order valence-corrected chi connectivity index (χ4v) is 2.61. The van der Waals surface area contributed by atoms with Crippen LogP contribution in [0.15, 0.2) is 71.4 Å². The molecule has 0 fully saturated rings. The number of oxazole rings is 1. The lowest BCUT2D eigenvalue weighted by atomic mass is 10.1. The molecular formula is C20H16N4O2. The van der Waals surface area contributed by atoms with Gasteiger partial charge in [0.15, 0.2) is 5.58 Å². The van der Waals surface area contributed by atoms with Gasteiger partial charge in [-0.05, 0) is 48.0 Å². The molecule has 1 amide bonds. The van der Waals surface area contributed by atoms with Crippen molar-refractivity contribution in [2.45, 2.75) is 6.54 Å².